The molecule has 20 heavy (non-hydrogen) atoms. The molecule has 1 aromatic rings. The predicted molar refractivity (Wildman–Crippen MR) is 77.6 cm³/mol. The van der Waals surface area contributed by atoms with Gasteiger partial charge in [-0.3, -0.25) is 9.67 Å². The quantitative estimate of drug-likeness (QED) is 0.859. The average molecular weight is 277 g/mol. The zero-order valence-corrected chi connectivity index (χ0v) is 12.2. The molecule has 0 aliphatic carbocycles. The van der Waals surface area contributed by atoms with Crippen LogP contribution in [0.5, 0.6) is 0 Å². The maximum Gasteiger partial charge on any atom is 0.191 e. The molecule has 0 saturated carbocycles. The molecule has 2 aliphatic heterocycles. The molecule has 0 bridgehead atoms. The molecule has 3 atom stereocenters. The first-order chi connectivity index (χ1) is 9.78. The van der Waals surface area contributed by atoms with E-state index in [9.17, 15) is 0 Å². The van der Waals surface area contributed by atoms with E-state index in [1.54, 1.807) is 0 Å². The van der Waals surface area contributed by atoms with Crippen LogP contribution in [0.4, 0.5) is 0 Å². The average Bonchev–Trinajstić information content (AvgIpc) is 3.15. The van der Waals surface area contributed by atoms with Crippen molar-refractivity contribution in [2.24, 2.45) is 10.9 Å². The molecule has 1 fully saturated rings. The van der Waals surface area contributed by atoms with Gasteiger partial charge in [-0.05, 0) is 26.3 Å². The fourth-order valence-electron chi connectivity index (χ4n) is 2.91. The number of aryl methyl sites for hydroxylation is 1. The Morgan fingerprint density at radius 2 is 2.45 bits per heavy atom. The summed E-state index contributed by atoms with van der Waals surface area (Å²) in [6, 6.07) is 2.51. The van der Waals surface area contributed by atoms with Crippen molar-refractivity contribution in [3.8, 4) is 0 Å². The Kier molecular flexibility index (Phi) is 3.91. The summed E-state index contributed by atoms with van der Waals surface area (Å²) in [7, 11) is 0. The van der Waals surface area contributed by atoms with Crippen molar-refractivity contribution in [3.05, 3.63) is 18.0 Å². The third kappa shape index (κ3) is 2.65. The Bertz CT molecular complexity index is 484. The van der Waals surface area contributed by atoms with Gasteiger partial charge in [0.15, 0.2) is 5.96 Å². The third-order valence-corrected chi connectivity index (χ3v) is 3.99. The van der Waals surface area contributed by atoms with Crippen LogP contribution in [0.15, 0.2) is 17.3 Å². The Balaban J connectivity index is 1.61. The molecule has 1 aromatic heterocycles. The van der Waals surface area contributed by atoms with E-state index >= 15 is 0 Å². The van der Waals surface area contributed by atoms with Crippen LogP contribution >= 0.6 is 0 Å². The van der Waals surface area contributed by atoms with Crippen molar-refractivity contribution < 1.29 is 4.74 Å². The number of nitrogens with zero attached hydrogens (tertiary/aromatic N) is 3. The maximum absolute atomic E-state index is 5.93. The fraction of sp³-hybridized carbons (Fsp3) is 0.714. The van der Waals surface area contributed by atoms with E-state index in [0.717, 1.165) is 38.6 Å². The second-order valence-electron chi connectivity index (χ2n) is 5.53. The van der Waals surface area contributed by atoms with E-state index in [1.165, 1.54) is 5.69 Å². The molecule has 0 radical (unpaired) electrons. The molecule has 0 aromatic carbocycles. The Labute approximate surface area is 119 Å². The Hall–Kier alpha value is -1.56. The van der Waals surface area contributed by atoms with Crippen molar-refractivity contribution in [3.63, 3.8) is 0 Å². The first-order valence-electron chi connectivity index (χ1n) is 7.46. The summed E-state index contributed by atoms with van der Waals surface area (Å²) in [5.74, 6) is 1.39. The highest BCUT2D eigenvalue weighted by atomic mass is 16.5. The summed E-state index contributed by atoms with van der Waals surface area (Å²) in [5.41, 5.74) is 1.19. The van der Waals surface area contributed by atoms with Gasteiger partial charge < -0.3 is 15.4 Å². The summed E-state index contributed by atoms with van der Waals surface area (Å²) < 4.78 is 7.95. The summed E-state index contributed by atoms with van der Waals surface area (Å²) in [6.45, 7) is 7.70. The Morgan fingerprint density at radius 1 is 1.55 bits per heavy atom. The van der Waals surface area contributed by atoms with Crippen LogP contribution < -0.4 is 10.6 Å². The monoisotopic (exact) mass is 277 g/mol. The van der Waals surface area contributed by atoms with Crippen molar-refractivity contribution in [2.75, 3.05) is 19.7 Å². The van der Waals surface area contributed by atoms with Crippen molar-refractivity contribution in [1.82, 2.24) is 20.4 Å². The highest BCUT2D eigenvalue weighted by Crippen LogP contribution is 2.33. The second-order valence-corrected chi connectivity index (χ2v) is 5.53. The lowest BCUT2D eigenvalue weighted by atomic mass is 9.99. The minimum absolute atomic E-state index is 0.143. The zero-order valence-electron chi connectivity index (χ0n) is 12.2. The molecule has 2 N–H and O–H groups in total. The van der Waals surface area contributed by atoms with Crippen LogP contribution in [0.3, 0.4) is 0 Å². The van der Waals surface area contributed by atoms with Gasteiger partial charge in [0, 0.05) is 37.9 Å². The zero-order chi connectivity index (χ0) is 13.9. The largest absolute Gasteiger partial charge is 0.372 e. The lowest BCUT2D eigenvalue weighted by Crippen LogP contribution is -2.40. The highest BCUT2D eigenvalue weighted by Gasteiger charge is 2.32. The van der Waals surface area contributed by atoms with E-state index < -0.39 is 0 Å². The van der Waals surface area contributed by atoms with Crippen molar-refractivity contribution in [2.45, 2.75) is 39.0 Å². The lowest BCUT2D eigenvalue weighted by Gasteiger charge is -2.20. The predicted octanol–water partition coefficient (Wildman–Crippen LogP) is 0.918. The molecule has 2 aliphatic rings. The number of hydrogen-bond donors (Lipinski definition) is 2. The molecular formula is C14H23N5O. The van der Waals surface area contributed by atoms with E-state index in [2.05, 4.69) is 40.6 Å². The van der Waals surface area contributed by atoms with Gasteiger partial charge in [-0.15, -0.1) is 0 Å². The van der Waals surface area contributed by atoms with Crippen LogP contribution in [-0.4, -0.2) is 41.5 Å². The summed E-state index contributed by atoms with van der Waals surface area (Å²) >= 11 is 0. The molecule has 3 rings (SSSR count). The molecule has 1 unspecified atom stereocenters. The van der Waals surface area contributed by atoms with E-state index in [-0.39, 0.29) is 6.10 Å². The minimum atomic E-state index is 0.143. The van der Waals surface area contributed by atoms with Crippen molar-refractivity contribution in [1.29, 1.82) is 0 Å². The smallest absolute Gasteiger partial charge is 0.191 e. The van der Waals surface area contributed by atoms with Gasteiger partial charge in [-0.1, -0.05) is 0 Å². The minimum Gasteiger partial charge on any atom is -0.372 e. The van der Waals surface area contributed by atoms with Gasteiger partial charge >= 0.3 is 0 Å². The van der Waals surface area contributed by atoms with Gasteiger partial charge in [0.05, 0.1) is 12.2 Å². The first kappa shape index (κ1) is 13.4. The topological polar surface area (TPSA) is 63.5 Å². The second kappa shape index (κ2) is 5.83. The van der Waals surface area contributed by atoms with E-state index in [4.69, 9.17) is 4.74 Å². The van der Waals surface area contributed by atoms with Crippen LogP contribution in [-0.2, 0) is 11.3 Å². The van der Waals surface area contributed by atoms with Gasteiger partial charge in [0.25, 0.3) is 0 Å². The summed E-state index contributed by atoms with van der Waals surface area (Å²) in [5, 5.41) is 11.1. The first-order valence-corrected chi connectivity index (χ1v) is 7.46. The van der Waals surface area contributed by atoms with Crippen molar-refractivity contribution >= 4 is 5.96 Å². The number of aliphatic imine (C=N–C) groups is 1. The molecule has 0 spiro atoms. The number of ether oxygens (including phenoxy) is 1. The number of nitrogens with one attached hydrogen (secondary N) is 2. The van der Waals surface area contributed by atoms with Crippen LogP contribution in [0.25, 0.3) is 0 Å². The fourth-order valence-corrected chi connectivity index (χ4v) is 2.91. The molecule has 0 amide bonds. The van der Waals surface area contributed by atoms with Gasteiger partial charge in [-0.25, -0.2) is 0 Å². The molecule has 110 valence electrons. The molecular weight excluding hydrogens is 254 g/mol. The van der Waals surface area contributed by atoms with E-state index in [0.29, 0.717) is 12.0 Å². The summed E-state index contributed by atoms with van der Waals surface area (Å²) in [6.07, 6.45) is 3.08. The molecule has 6 heteroatoms. The summed E-state index contributed by atoms with van der Waals surface area (Å²) in [4.78, 5) is 4.44. The Morgan fingerprint density at radius 3 is 3.20 bits per heavy atom. The van der Waals surface area contributed by atoms with Gasteiger partial charge in [-0.2, -0.15) is 5.10 Å². The highest BCUT2D eigenvalue weighted by molar-refractivity contribution is 5.81. The standard InChI is InChI=1S/C14H23N5O/c1-3-19-12(4-6-17-19)13-11(5-7-20-13)9-16-14-15-8-10(2)18-14/h4,6,10-11,13H,3,5,7-9H2,1-2H3,(H2,15,16,18)/t10?,11-,13+/m0/s1. The van der Waals surface area contributed by atoms with E-state index in [1.807, 2.05) is 10.9 Å². The number of hydrogen-bond acceptors (Lipinski definition) is 5. The number of aromatic nitrogens is 2. The van der Waals surface area contributed by atoms with Crippen LogP contribution in [0.2, 0.25) is 0 Å². The van der Waals surface area contributed by atoms with Gasteiger partial charge in [0.2, 0.25) is 0 Å². The normalized spacial score (nSPS) is 29.3. The van der Waals surface area contributed by atoms with Crippen LogP contribution in [0, 0.1) is 5.92 Å². The SMILES string of the molecule is CCn1nccc1[C@@H]1OCC[C@H]1CNC1=NCC(C)N1. The lowest BCUT2D eigenvalue weighted by molar-refractivity contribution is 0.0840. The molecule has 3 heterocycles. The molecule has 6 nitrogen and oxygen atoms in total. The maximum atomic E-state index is 5.93. The number of rotatable bonds is 4. The van der Waals surface area contributed by atoms with Crippen LogP contribution in [0.1, 0.15) is 32.1 Å². The van der Waals surface area contributed by atoms with Gasteiger partial charge in [0.1, 0.15) is 6.10 Å². The number of guanidine groups is 1. The molecule has 1 saturated heterocycles. The third-order valence-electron chi connectivity index (χ3n) is 3.99.